The summed E-state index contributed by atoms with van der Waals surface area (Å²) in [5.41, 5.74) is 3.30. The molecule has 1 aromatic carbocycles. The average molecular weight is 274 g/mol. The lowest BCUT2D eigenvalue weighted by molar-refractivity contribution is 0.380. The number of ether oxygens (including phenoxy) is 1. The molecule has 1 aromatic rings. The van der Waals surface area contributed by atoms with Crippen LogP contribution in [-0.4, -0.2) is 20.2 Å². The number of alkyl halides is 1. The molecule has 1 unspecified atom stereocenters. The predicted octanol–water partition coefficient (Wildman–Crippen LogP) is 3.64. The largest absolute Gasteiger partial charge is 0.496 e. The molecular weight excluding hydrogens is 257 g/mol. The van der Waals surface area contributed by atoms with Gasteiger partial charge in [0.15, 0.2) is 0 Å². The molecule has 1 heterocycles. The third-order valence-corrected chi connectivity index (χ3v) is 4.00. The number of rotatable bonds is 3. The summed E-state index contributed by atoms with van der Waals surface area (Å²) in [7, 11) is 1.70. The molecule has 0 aliphatic carbocycles. The van der Waals surface area contributed by atoms with Crippen LogP contribution in [0, 0.1) is 6.92 Å². The molecule has 1 saturated heterocycles. The lowest BCUT2D eigenvalue weighted by Gasteiger charge is -2.31. The lowest BCUT2D eigenvalue weighted by Crippen LogP contribution is -2.40. The Kier molecular flexibility index (Phi) is 3.86. The van der Waals surface area contributed by atoms with E-state index in [0.717, 1.165) is 35.0 Å². The Hall–Kier alpha value is -0.440. The van der Waals surface area contributed by atoms with E-state index in [1.54, 1.807) is 7.11 Å². The summed E-state index contributed by atoms with van der Waals surface area (Å²) in [5, 5.41) is 3.95. The number of nitrogens with one attached hydrogen (secondary N) is 1. The lowest BCUT2D eigenvalue weighted by atomic mass is 9.87. The Balaban J connectivity index is 2.60. The molecule has 1 aliphatic rings. The minimum absolute atomic E-state index is 0.102. The van der Waals surface area contributed by atoms with E-state index in [1.807, 2.05) is 19.9 Å². The van der Waals surface area contributed by atoms with Gasteiger partial charge in [-0.3, -0.25) is 0 Å². The van der Waals surface area contributed by atoms with Crippen molar-refractivity contribution >= 4 is 23.2 Å². The highest BCUT2D eigenvalue weighted by Gasteiger charge is 2.28. The fourth-order valence-electron chi connectivity index (χ4n) is 2.27. The van der Waals surface area contributed by atoms with Crippen molar-refractivity contribution in [3.63, 3.8) is 0 Å². The number of hydrogen-bond acceptors (Lipinski definition) is 2. The van der Waals surface area contributed by atoms with Crippen molar-refractivity contribution in [3.05, 3.63) is 27.8 Å². The van der Waals surface area contributed by atoms with Gasteiger partial charge < -0.3 is 10.1 Å². The van der Waals surface area contributed by atoms with E-state index in [4.69, 9.17) is 27.9 Å². The molecule has 0 saturated carbocycles. The van der Waals surface area contributed by atoms with Crippen molar-refractivity contribution in [2.45, 2.75) is 25.1 Å². The summed E-state index contributed by atoms with van der Waals surface area (Å²) < 4.78 is 5.56. The quantitative estimate of drug-likeness (QED) is 0.849. The van der Waals surface area contributed by atoms with Crippen LogP contribution >= 0.6 is 23.2 Å². The van der Waals surface area contributed by atoms with E-state index in [9.17, 15) is 0 Å². The number of benzene rings is 1. The van der Waals surface area contributed by atoms with Crippen LogP contribution in [0.4, 0.5) is 0 Å². The van der Waals surface area contributed by atoms with Crippen LogP contribution in [0.2, 0.25) is 5.02 Å². The summed E-state index contributed by atoms with van der Waals surface area (Å²) in [6.07, 6.45) is 0. The van der Waals surface area contributed by atoms with E-state index >= 15 is 0 Å². The Morgan fingerprint density at radius 2 is 2.12 bits per heavy atom. The molecule has 2 rings (SSSR count). The molecule has 0 spiro atoms. The zero-order valence-electron chi connectivity index (χ0n) is 10.3. The summed E-state index contributed by atoms with van der Waals surface area (Å²) in [6.45, 7) is 5.94. The first-order valence-corrected chi connectivity index (χ1v) is 6.59. The number of halogens is 2. The molecule has 0 aromatic heterocycles. The fourth-order valence-corrected chi connectivity index (χ4v) is 2.65. The molecule has 1 aliphatic heterocycles. The molecule has 94 valence electrons. The molecule has 17 heavy (non-hydrogen) atoms. The van der Waals surface area contributed by atoms with E-state index < -0.39 is 0 Å². The zero-order valence-corrected chi connectivity index (χ0v) is 11.8. The molecule has 1 atom stereocenters. The molecule has 0 radical (unpaired) electrons. The number of hydrogen-bond donors (Lipinski definition) is 1. The molecule has 4 heteroatoms. The Labute approximate surface area is 112 Å². The highest BCUT2D eigenvalue weighted by atomic mass is 35.5. The highest BCUT2D eigenvalue weighted by Crippen LogP contribution is 2.42. The summed E-state index contributed by atoms with van der Waals surface area (Å²) in [4.78, 5) is 0. The summed E-state index contributed by atoms with van der Waals surface area (Å²) >= 11 is 12.5. The first-order valence-electron chi connectivity index (χ1n) is 5.78. The maximum absolute atomic E-state index is 6.28. The normalized spacial score (nSPS) is 17.7. The summed E-state index contributed by atoms with van der Waals surface area (Å²) in [5.74, 6) is 1.39. The summed E-state index contributed by atoms with van der Waals surface area (Å²) in [6, 6.07) is 1.92. The van der Waals surface area contributed by atoms with Gasteiger partial charge in [-0.1, -0.05) is 11.6 Å². The molecular formula is C13H17Cl2NO. The topological polar surface area (TPSA) is 21.3 Å². The van der Waals surface area contributed by atoms with Gasteiger partial charge in [0.05, 0.1) is 12.5 Å². The van der Waals surface area contributed by atoms with Crippen molar-refractivity contribution in [3.8, 4) is 5.75 Å². The van der Waals surface area contributed by atoms with Gasteiger partial charge in [-0.05, 0) is 25.5 Å². The third-order valence-electron chi connectivity index (χ3n) is 3.37. The second-order valence-electron chi connectivity index (χ2n) is 4.49. The van der Waals surface area contributed by atoms with E-state index in [-0.39, 0.29) is 5.38 Å². The molecule has 0 amide bonds. The van der Waals surface area contributed by atoms with Crippen LogP contribution in [0.15, 0.2) is 6.07 Å². The highest BCUT2D eigenvalue weighted by molar-refractivity contribution is 6.31. The standard InChI is InChI=1S/C13H17Cl2NO/c1-7-11(15)4-10(8(2)14)13(17-3)12(7)9-5-16-6-9/h4,8-9,16H,5-6H2,1-3H3. The van der Waals surface area contributed by atoms with Gasteiger partial charge in [0.25, 0.3) is 0 Å². The molecule has 2 nitrogen and oxygen atoms in total. The van der Waals surface area contributed by atoms with Crippen molar-refractivity contribution in [2.24, 2.45) is 0 Å². The van der Waals surface area contributed by atoms with Gasteiger partial charge in [-0.2, -0.15) is 0 Å². The van der Waals surface area contributed by atoms with Gasteiger partial charge in [-0.25, -0.2) is 0 Å². The van der Waals surface area contributed by atoms with Crippen LogP contribution in [0.3, 0.4) is 0 Å². The van der Waals surface area contributed by atoms with Gasteiger partial charge in [-0.15, -0.1) is 11.6 Å². The average Bonchev–Trinajstić information content (AvgIpc) is 2.21. The van der Waals surface area contributed by atoms with E-state index in [2.05, 4.69) is 5.32 Å². The van der Waals surface area contributed by atoms with Gasteiger partial charge >= 0.3 is 0 Å². The molecule has 0 bridgehead atoms. The minimum atomic E-state index is -0.102. The third kappa shape index (κ3) is 2.26. The van der Waals surface area contributed by atoms with Gasteiger partial charge in [0, 0.05) is 35.2 Å². The van der Waals surface area contributed by atoms with Crippen LogP contribution in [0.25, 0.3) is 0 Å². The second kappa shape index (κ2) is 5.05. The van der Waals surface area contributed by atoms with E-state index in [1.165, 1.54) is 5.56 Å². The number of methoxy groups -OCH3 is 1. The molecule has 1 fully saturated rings. The maximum atomic E-state index is 6.28. The van der Waals surface area contributed by atoms with E-state index in [0.29, 0.717) is 5.92 Å². The van der Waals surface area contributed by atoms with Gasteiger partial charge in [0.1, 0.15) is 5.75 Å². The van der Waals surface area contributed by atoms with Crippen LogP contribution < -0.4 is 10.1 Å². The Bertz CT molecular complexity index is 428. The van der Waals surface area contributed by atoms with Crippen molar-refractivity contribution < 1.29 is 4.74 Å². The Morgan fingerprint density at radius 3 is 2.53 bits per heavy atom. The molecule has 1 N–H and O–H groups in total. The Morgan fingerprint density at radius 1 is 1.47 bits per heavy atom. The second-order valence-corrected chi connectivity index (χ2v) is 5.55. The maximum Gasteiger partial charge on any atom is 0.127 e. The first-order chi connectivity index (χ1) is 8.06. The predicted molar refractivity (Wildman–Crippen MR) is 72.6 cm³/mol. The zero-order chi connectivity index (χ0) is 12.6. The van der Waals surface area contributed by atoms with Crippen molar-refractivity contribution in [1.29, 1.82) is 0 Å². The van der Waals surface area contributed by atoms with Crippen molar-refractivity contribution in [1.82, 2.24) is 5.32 Å². The van der Waals surface area contributed by atoms with Gasteiger partial charge in [0.2, 0.25) is 0 Å². The monoisotopic (exact) mass is 273 g/mol. The van der Waals surface area contributed by atoms with Crippen LogP contribution in [0.5, 0.6) is 5.75 Å². The van der Waals surface area contributed by atoms with Crippen LogP contribution in [0.1, 0.15) is 34.9 Å². The van der Waals surface area contributed by atoms with Crippen molar-refractivity contribution in [2.75, 3.05) is 20.2 Å². The SMILES string of the molecule is COc1c(C(C)Cl)cc(Cl)c(C)c1C1CNC1. The smallest absolute Gasteiger partial charge is 0.127 e. The fraction of sp³-hybridized carbons (Fsp3) is 0.538. The first kappa shape index (κ1) is 13.0. The minimum Gasteiger partial charge on any atom is -0.496 e. The van der Waals surface area contributed by atoms with Crippen LogP contribution in [-0.2, 0) is 0 Å².